The van der Waals surface area contributed by atoms with Gasteiger partial charge in [0.2, 0.25) is 0 Å². The Kier molecular flexibility index (Phi) is 9.09. The highest BCUT2D eigenvalue weighted by Gasteiger charge is 2.16. The third-order valence-corrected chi connectivity index (χ3v) is 0.757. The Morgan fingerprint density at radius 1 is 1.38 bits per heavy atom. The Hall–Kier alpha value is -1.62. The van der Waals surface area contributed by atoms with Gasteiger partial charge in [0.15, 0.2) is 0 Å². The second-order valence-electron chi connectivity index (χ2n) is 1.56. The van der Waals surface area contributed by atoms with Gasteiger partial charge in [0.1, 0.15) is 5.57 Å². The number of rotatable bonds is 4. The lowest BCUT2D eigenvalue weighted by molar-refractivity contribution is -0.265. The summed E-state index contributed by atoms with van der Waals surface area (Å²) in [7, 11) is 0. The highest BCUT2D eigenvalue weighted by molar-refractivity contribution is 6.12. The molecule has 74 valence electrons. The first kappa shape index (κ1) is 13.9. The average Bonchev–Trinajstić information content (AvgIpc) is 2.16. The lowest BCUT2D eigenvalue weighted by atomic mass is 10.3. The lowest BCUT2D eigenvalue weighted by Gasteiger charge is -1.99. The van der Waals surface area contributed by atoms with E-state index in [1.165, 1.54) is 0 Å². The number of hydrogen-bond donors (Lipinski definition) is 1. The summed E-state index contributed by atoms with van der Waals surface area (Å²) in [4.78, 5) is 28.8. The molecule has 0 saturated heterocycles. The summed E-state index contributed by atoms with van der Waals surface area (Å²) >= 11 is 0. The predicted molar refractivity (Wildman–Crippen MR) is 45.7 cm³/mol. The van der Waals surface area contributed by atoms with Gasteiger partial charge >= 0.3 is 11.9 Å². The summed E-state index contributed by atoms with van der Waals surface area (Å²) in [6, 6.07) is 0. The van der Waals surface area contributed by atoms with Crippen LogP contribution in [0.4, 0.5) is 0 Å². The van der Waals surface area contributed by atoms with E-state index in [9.17, 15) is 9.59 Å². The molecular formula is C8H12O5. The van der Waals surface area contributed by atoms with E-state index in [0.29, 0.717) is 0 Å². The fraction of sp³-hybridized carbons (Fsp3) is 0.250. The van der Waals surface area contributed by atoms with Gasteiger partial charge < -0.3 is 5.11 Å². The van der Waals surface area contributed by atoms with Gasteiger partial charge in [-0.2, -0.15) is 4.89 Å². The maximum Gasteiger partial charge on any atom is 0.379 e. The van der Waals surface area contributed by atoms with Crippen molar-refractivity contribution in [3.05, 3.63) is 25.3 Å². The van der Waals surface area contributed by atoms with Crippen molar-refractivity contribution in [3.63, 3.8) is 0 Å². The molecule has 0 aliphatic carbocycles. The van der Waals surface area contributed by atoms with Crippen LogP contribution in [0.2, 0.25) is 0 Å². The summed E-state index contributed by atoms with van der Waals surface area (Å²) in [5, 5.41) is 8.20. The molecule has 0 radical (unpaired) electrons. The number of hydrogen-bond acceptors (Lipinski definition) is 4. The van der Waals surface area contributed by atoms with Crippen molar-refractivity contribution in [1.82, 2.24) is 0 Å². The normalized spacial score (nSPS) is 7.77. The minimum atomic E-state index is -1.42. The zero-order chi connectivity index (χ0) is 10.9. The van der Waals surface area contributed by atoms with Gasteiger partial charge in [0, 0.05) is 0 Å². The summed E-state index contributed by atoms with van der Waals surface area (Å²) < 4.78 is 0. The molecule has 0 rings (SSSR count). The van der Waals surface area contributed by atoms with E-state index in [-0.39, 0.29) is 6.61 Å². The van der Waals surface area contributed by atoms with Crippen LogP contribution in [0, 0.1) is 0 Å². The number of aliphatic carboxylic acids is 1. The van der Waals surface area contributed by atoms with Crippen LogP contribution in [0.15, 0.2) is 25.3 Å². The van der Waals surface area contributed by atoms with Crippen LogP contribution in [-0.2, 0) is 19.4 Å². The monoisotopic (exact) mass is 188 g/mol. The zero-order valence-corrected chi connectivity index (χ0v) is 7.41. The first-order valence-electron chi connectivity index (χ1n) is 3.35. The summed E-state index contributed by atoms with van der Waals surface area (Å²) in [6.07, 6.45) is 0. The first-order chi connectivity index (χ1) is 6.09. The van der Waals surface area contributed by atoms with E-state index in [4.69, 9.17) is 5.11 Å². The van der Waals surface area contributed by atoms with E-state index in [1.807, 2.05) is 0 Å². The molecule has 1 N–H and O–H groups in total. The molecule has 0 bridgehead atoms. The average molecular weight is 188 g/mol. The van der Waals surface area contributed by atoms with Gasteiger partial charge in [-0.25, -0.2) is 9.59 Å². The Labute approximate surface area is 76.2 Å². The van der Waals surface area contributed by atoms with Crippen LogP contribution >= 0.6 is 0 Å². The van der Waals surface area contributed by atoms with Gasteiger partial charge in [0.05, 0.1) is 6.61 Å². The molecule has 0 aromatic heterocycles. The van der Waals surface area contributed by atoms with Crippen molar-refractivity contribution < 1.29 is 24.5 Å². The topological polar surface area (TPSA) is 72.8 Å². The van der Waals surface area contributed by atoms with Crippen LogP contribution in [0.25, 0.3) is 0 Å². The summed E-state index contributed by atoms with van der Waals surface area (Å²) in [6.45, 7) is 10.7. The molecule has 0 aromatic carbocycles. The van der Waals surface area contributed by atoms with Crippen LogP contribution in [0.5, 0.6) is 0 Å². The molecule has 5 nitrogen and oxygen atoms in total. The van der Waals surface area contributed by atoms with Gasteiger partial charge in [0.25, 0.3) is 0 Å². The van der Waals surface area contributed by atoms with E-state index in [0.717, 1.165) is 0 Å². The molecule has 0 amide bonds. The van der Waals surface area contributed by atoms with E-state index in [1.54, 1.807) is 6.92 Å². The molecule has 0 spiro atoms. The highest BCUT2D eigenvalue weighted by atomic mass is 17.2. The van der Waals surface area contributed by atoms with Crippen molar-refractivity contribution in [2.75, 3.05) is 6.61 Å². The largest absolute Gasteiger partial charge is 0.477 e. The maximum absolute atomic E-state index is 10.5. The van der Waals surface area contributed by atoms with Crippen molar-refractivity contribution in [1.29, 1.82) is 0 Å². The Morgan fingerprint density at radius 3 is 2.15 bits per heavy atom. The van der Waals surface area contributed by atoms with Gasteiger partial charge in [-0.3, -0.25) is 4.89 Å². The fourth-order valence-corrected chi connectivity index (χ4v) is 0.250. The third kappa shape index (κ3) is 6.77. The standard InChI is InChI=1S/C6H8O5.C2H4/c1-3-10-11-6(9)4(2)5(7)8;1-2/h2-3H2,1H3,(H,7,8);1-2H2. The summed E-state index contributed by atoms with van der Waals surface area (Å²) in [5.74, 6) is -2.51. The Bertz CT molecular complexity index is 197. The minimum Gasteiger partial charge on any atom is -0.477 e. The van der Waals surface area contributed by atoms with Gasteiger partial charge in [-0.1, -0.05) is 6.58 Å². The molecule has 5 heteroatoms. The quantitative estimate of drug-likeness (QED) is 0.177. The number of carboxylic acids is 1. The van der Waals surface area contributed by atoms with Crippen LogP contribution in [-0.4, -0.2) is 23.7 Å². The Morgan fingerprint density at radius 2 is 1.85 bits per heavy atom. The van der Waals surface area contributed by atoms with Gasteiger partial charge in [-0.15, -0.1) is 13.2 Å². The molecule has 0 saturated carbocycles. The molecule has 0 aliphatic rings. The van der Waals surface area contributed by atoms with Crippen molar-refractivity contribution >= 4 is 11.9 Å². The molecule has 0 aliphatic heterocycles. The molecular weight excluding hydrogens is 176 g/mol. The predicted octanol–water partition coefficient (Wildman–Crippen LogP) is 0.924. The van der Waals surface area contributed by atoms with Crippen molar-refractivity contribution in [2.24, 2.45) is 0 Å². The number of carbonyl (C=O) groups excluding carboxylic acids is 1. The van der Waals surface area contributed by atoms with Crippen molar-refractivity contribution in [2.45, 2.75) is 6.92 Å². The number of carboxylic acid groups (broad SMARTS) is 1. The van der Waals surface area contributed by atoms with Crippen molar-refractivity contribution in [3.8, 4) is 0 Å². The number of carbonyl (C=O) groups is 2. The third-order valence-electron chi connectivity index (χ3n) is 0.757. The van der Waals surface area contributed by atoms with Crippen LogP contribution < -0.4 is 0 Å². The molecule has 0 unspecified atom stereocenters. The fourth-order valence-electron chi connectivity index (χ4n) is 0.250. The minimum absolute atomic E-state index is 0.165. The van der Waals surface area contributed by atoms with E-state index < -0.39 is 17.5 Å². The molecule has 13 heavy (non-hydrogen) atoms. The zero-order valence-electron chi connectivity index (χ0n) is 7.41. The molecule has 0 heterocycles. The molecule has 0 fully saturated rings. The maximum atomic E-state index is 10.5. The SMILES string of the molecule is C=C.C=C(C(=O)O)C(=O)OOCC. The first-order valence-corrected chi connectivity index (χ1v) is 3.35. The summed E-state index contributed by atoms with van der Waals surface area (Å²) in [5.41, 5.74) is -0.654. The van der Waals surface area contributed by atoms with Crippen LogP contribution in [0.1, 0.15) is 6.92 Å². The highest BCUT2D eigenvalue weighted by Crippen LogP contribution is 1.94. The lowest BCUT2D eigenvalue weighted by Crippen LogP contribution is -2.14. The van der Waals surface area contributed by atoms with E-state index in [2.05, 4.69) is 29.5 Å². The van der Waals surface area contributed by atoms with Crippen LogP contribution in [0.3, 0.4) is 0 Å². The smallest absolute Gasteiger partial charge is 0.379 e. The molecule has 0 aromatic rings. The molecule has 0 atom stereocenters. The van der Waals surface area contributed by atoms with Gasteiger partial charge in [-0.05, 0) is 6.92 Å². The second kappa shape index (κ2) is 8.48. The second-order valence-corrected chi connectivity index (χ2v) is 1.56. The van der Waals surface area contributed by atoms with E-state index >= 15 is 0 Å². The Balaban J connectivity index is 0.